The number of ether oxygens (including phenoxy) is 1. The van der Waals surface area contributed by atoms with Crippen molar-refractivity contribution in [1.29, 1.82) is 0 Å². The Morgan fingerprint density at radius 1 is 1.00 bits per heavy atom. The molecular formula is C28H24Cl5F2N3O4. The number of carbonyl (C=O) groups is 3. The molecule has 1 unspecified atom stereocenters. The summed E-state index contributed by atoms with van der Waals surface area (Å²) >= 11 is 31.0. The van der Waals surface area contributed by atoms with Gasteiger partial charge in [0.15, 0.2) is 5.82 Å². The van der Waals surface area contributed by atoms with E-state index in [4.69, 9.17) is 62.7 Å². The number of rotatable bonds is 8. The van der Waals surface area contributed by atoms with Crippen LogP contribution in [0.5, 0.6) is 0 Å². The summed E-state index contributed by atoms with van der Waals surface area (Å²) in [6.45, 7) is 3.70. The number of hydrogen-bond acceptors (Lipinski definition) is 4. The smallest absolute Gasteiger partial charge is 0.257 e. The van der Waals surface area contributed by atoms with Gasteiger partial charge in [-0.3, -0.25) is 14.4 Å². The van der Waals surface area contributed by atoms with Crippen LogP contribution < -0.4 is 16.0 Å². The van der Waals surface area contributed by atoms with Crippen LogP contribution in [0, 0.1) is 23.5 Å². The Labute approximate surface area is 265 Å². The Morgan fingerprint density at radius 2 is 1.71 bits per heavy atom. The van der Waals surface area contributed by atoms with E-state index in [1.807, 2.05) is 0 Å². The molecule has 0 spiro atoms. The second-order valence-electron chi connectivity index (χ2n) is 9.81. The molecule has 0 radical (unpaired) electrons. The normalized spacial score (nSPS) is 21.8. The van der Waals surface area contributed by atoms with E-state index in [0.29, 0.717) is 30.1 Å². The van der Waals surface area contributed by atoms with Gasteiger partial charge in [-0.1, -0.05) is 40.4 Å². The summed E-state index contributed by atoms with van der Waals surface area (Å²) in [5, 5.41) is 7.80. The molecule has 1 aliphatic heterocycles. The molecule has 0 aromatic heterocycles. The summed E-state index contributed by atoms with van der Waals surface area (Å²) in [5.41, 5.74) is -0.429. The highest BCUT2D eigenvalue weighted by molar-refractivity contribution is 6.53. The van der Waals surface area contributed by atoms with Crippen molar-refractivity contribution in [2.24, 2.45) is 11.8 Å². The van der Waals surface area contributed by atoms with E-state index in [1.54, 1.807) is 19.9 Å². The summed E-state index contributed by atoms with van der Waals surface area (Å²) in [6, 6.07) is 5.98. The highest BCUT2D eigenvalue weighted by Crippen LogP contribution is 2.62. The van der Waals surface area contributed by atoms with Gasteiger partial charge in [0.05, 0.1) is 27.2 Å². The number of halogens is 7. The zero-order valence-electron chi connectivity index (χ0n) is 22.1. The summed E-state index contributed by atoms with van der Waals surface area (Å²) in [4.78, 5) is 38.4. The van der Waals surface area contributed by atoms with Crippen molar-refractivity contribution < 1.29 is 27.9 Å². The minimum absolute atomic E-state index is 0.00934. The van der Waals surface area contributed by atoms with Gasteiger partial charge in [0.2, 0.25) is 5.91 Å². The number of benzene rings is 2. The summed E-state index contributed by atoms with van der Waals surface area (Å²) in [5.74, 6) is -5.69. The molecule has 2 fully saturated rings. The number of amides is 3. The second-order valence-corrected chi connectivity index (χ2v) is 12.6. The molecule has 224 valence electrons. The minimum atomic E-state index is -1.40. The number of alkyl halides is 2. The molecule has 3 N–H and O–H groups in total. The molecule has 14 heteroatoms. The van der Waals surface area contributed by atoms with Gasteiger partial charge in [0.1, 0.15) is 21.9 Å². The van der Waals surface area contributed by atoms with Crippen LogP contribution >= 0.6 is 58.0 Å². The largest absolute Gasteiger partial charge is 0.368 e. The lowest BCUT2D eigenvalue weighted by Gasteiger charge is -2.15. The van der Waals surface area contributed by atoms with Gasteiger partial charge in [-0.25, -0.2) is 8.78 Å². The van der Waals surface area contributed by atoms with Crippen LogP contribution in [0.15, 0.2) is 52.0 Å². The summed E-state index contributed by atoms with van der Waals surface area (Å²) in [6.07, 6.45) is 1.83. The quantitative estimate of drug-likeness (QED) is 0.194. The molecule has 1 heterocycles. The predicted molar refractivity (Wildman–Crippen MR) is 162 cm³/mol. The maximum Gasteiger partial charge on any atom is 0.257 e. The number of nitrogens with one attached hydrogen (secondary N) is 3. The maximum atomic E-state index is 15.2. The van der Waals surface area contributed by atoms with Crippen LogP contribution in [0.1, 0.15) is 37.0 Å². The molecule has 7 nitrogen and oxygen atoms in total. The first-order chi connectivity index (χ1) is 19.7. The minimum Gasteiger partial charge on any atom is -0.368 e. The number of allylic oxidation sites excluding steroid dienone is 4. The third-order valence-electron chi connectivity index (χ3n) is 6.80. The van der Waals surface area contributed by atoms with E-state index in [9.17, 15) is 18.8 Å². The van der Waals surface area contributed by atoms with Crippen molar-refractivity contribution in [1.82, 2.24) is 0 Å². The van der Waals surface area contributed by atoms with Gasteiger partial charge in [-0.2, -0.15) is 0 Å². The molecule has 4 rings (SSSR count). The van der Waals surface area contributed by atoms with Crippen molar-refractivity contribution in [2.45, 2.75) is 37.1 Å². The second kappa shape index (κ2) is 13.1. The molecule has 1 aliphatic carbocycles. The number of anilines is 3. The van der Waals surface area contributed by atoms with Crippen LogP contribution in [0.2, 0.25) is 5.02 Å². The molecule has 2 aromatic rings. The maximum absolute atomic E-state index is 15.2. The molecule has 2 aromatic carbocycles. The van der Waals surface area contributed by atoms with Crippen molar-refractivity contribution in [3.63, 3.8) is 0 Å². The lowest BCUT2D eigenvalue weighted by atomic mass is 10.1. The zero-order valence-corrected chi connectivity index (χ0v) is 25.9. The molecule has 1 saturated heterocycles. The van der Waals surface area contributed by atoms with E-state index in [0.717, 1.165) is 12.1 Å². The topological polar surface area (TPSA) is 96.5 Å². The highest BCUT2D eigenvalue weighted by atomic mass is 35.5. The first-order valence-corrected chi connectivity index (χ1v) is 14.5. The lowest BCUT2D eigenvalue weighted by Crippen LogP contribution is -2.28. The van der Waals surface area contributed by atoms with Crippen molar-refractivity contribution in [3.8, 4) is 0 Å². The number of hydrogen-bond donors (Lipinski definition) is 3. The van der Waals surface area contributed by atoms with Gasteiger partial charge in [-0.15, -0.1) is 23.2 Å². The zero-order chi connectivity index (χ0) is 30.9. The van der Waals surface area contributed by atoms with Gasteiger partial charge in [0.25, 0.3) is 11.8 Å². The van der Waals surface area contributed by atoms with Gasteiger partial charge < -0.3 is 20.7 Å². The van der Waals surface area contributed by atoms with Crippen LogP contribution in [-0.4, -0.2) is 34.8 Å². The third-order valence-corrected chi connectivity index (χ3v) is 8.76. The summed E-state index contributed by atoms with van der Waals surface area (Å²) < 4.78 is 33.4. The Morgan fingerprint density at radius 3 is 2.36 bits per heavy atom. The average Bonchev–Trinajstić information content (AvgIpc) is 3.24. The van der Waals surface area contributed by atoms with Gasteiger partial charge >= 0.3 is 0 Å². The molecule has 1 saturated carbocycles. The van der Waals surface area contributed by atoms with Crippen LogP contribution in [0.25, 0.3) is 0 Å². The fraction of sp³-hybridized carbons (Fsp3) is 0.321. The fourth-order valence-electron chi connectivity index (χ4n) is 4.55. The standard InChI is InChI=1S/C28H24Cl5F2N3O4/c1-12(10-17(31)13(2)29)21-22(28(21,32)33)27(41)36-14-5-6-16(30)15(11-14)25(39)37-19-8-7-18(34)24(23(19)35)38-26(40)20-4-3-9-42-20/h5-8,10-11,20-22H,3-4,9H2,1-2H3,(H,36,41)(H,37,39)(H,38,40)/b12-10+,17-13-/t20?,21-,22+/m0/s1. The Balaban J connectivity index is 1.49. The van der Waals surface area contributed by atoms with Gasteiger partial charge in [-0.05, 0) is 63.1 Å². The molecule has 3 amide bonds. The highest BCUT2D eigenvalue weighted by Gasteiger charge is 2.67. The van der Waals surface area contributed by atoms with E-state index in [-0.39, 0.29) is 21.3 Å². The van der Waals surface area contributed by atoms with Crippen LogP contribution in [-0.2, 0) is 14.3 Å². The van der Waals surface area contributed by atoms with E-state index >= 15 is 4.39 Å². The SMILES string of the molecule is C/C(Cl)=C(Cl)\C=C(/C)[C@H]1[C@H](C(=O)Nc2ccc(Cl)c(C(=O)Nc3ccc(F)c(NC(=O)C4CCCO4)c3F)c2)C1(Cl)Cl. The van der Waals surface area contributed by atoms with Crippen molar-refractivity contribution in [2.75, 3.05) is 22.6 Å². The lowest BCUT2D eigenvalue weighted by molar-refractivity contribution is -0.124. The fourth-order valence-corrected chi connectivity index (χ4v) is 5.90. The van der Waals surface area contributed by atoms with E-state index in [1.165, 1.54) is 18.2 Å². The first-order valence-electron chi connectivity index (χ1n) is 12.6. The van der Waals surface area contributed by atoms with E-state index in [2.05, 4.69) is 16.0 Å². The van der Waals surface area contributed by atoms with Crippen molar-refractivity contribution in [3.05, 3.63) is 74.3 Å². The van der Waals surface area contributed by atoms with Crippen LogP contribution in [0.3, 0.4) is 0 Å². The van der Waals surface area contributed by atoms with Crippen LogP contribution in [0.4, 0.5) is 25.8 Å². The monoisotopic (exact) mass is 679 g/mol. The molecule has 2 aliphatic rings. The number of carbonyl (C=O) groups excluding carboxylic acids is 3. The van der Waals surface area contributed by atoms with Crippen molar-refractivity contribution >= 4 is 92.8 Å². The first kappa shape index (κ1) is 32.5. The third kappa shape index (κ3) is 7.04. The van der Waals surface area contributed by atoms with E-state index < -0.39 is 63.0 Å². The molecule has 3 atom stereocenters. The molecule has 42 heavy (non-hydrogen) atoms. The predicted octanol–water partition coefficient (Wildman–Crippen LogP) is 8.00. The Kier molecular flexibility index (Phi) is 10.1. The molecular weight excluding hydrogens is 658 g/mol. The Bertz CT molecular complexity index is 1500. The summed E-state index contributed by atoms with van der Waals surface area (Å²) in [7, 11) is 0. The Hall–Kier alpha value is -2.40. The molecule has 0 bridgehead atoms. The average molecular weight is 682 g/mol. The van der Waals surface area contributed by atoms with Gasteiger partial charge in [0, 0.05) is 23.2 Å².